The van der Waals surface area contributed by atoms with Crippen LogP contribution in [-0.2, 0) is 0 Å². The molecule has 0 bridgehead atoms. The fraction of sp³-hybridized carbons (Fsp3) is 0.133. The monoisotopic (exact) mass is 313 g/mol. The number of hydrogen-bond donors (Lipinski definition) is 1. The molecule has 4 rings (SSSR count). The van der Waals surface area contributed by atoms with E-state index >= 15 is 0 Å². The summed E-state index contributed by atoms with van der Waals surface area (Å²) in [6.07, 6.45) is 3.43. The van der Waals surface area contributed by atoms with Gasteiger partial charge in [-0.1, -0.05) is 6.07 Å². The first kappa shape index (κ1) is 13.1. The maximum atomic E-state index is 5.72. The van der Waals surface area contributed by atoms with E-state index < -0.39 is 0 Å². The number of thiol groups is 1. The summed E-state index contributed by atoms with van der Waals surface area (Å²) in [5, 5.41) is 7.83. The summed E-state index contributed by atoms with van der Waals surface area (Å²) < 4.78 is 16.4. The van der Waals surface area contributed by atoms with Gasteiger partial charge in [-0.2, -0.15) is 12.6 Å². The highest BCUT2D eigenvalue weighted by Gasteiger charge is 2.20. The van der Waals surface area contributed by atoms with Crippen molar-refractivity contribution in [3.8, 4) is 23.0 Å². The van der Waals surface area contributed by atoms with Crippen molar-refractivity contribution in [3.05, 3.63) is 54.2 Å². The van der Waals surface area contributed by atoms with E-state index in [0.29, 0.717) is 23.3 Å². The predicted octanol–water partition coefficient (Wildman–Crippen LogP) is 2.88. The first-order valence-corrected chi connectivity index (χ1v) is 7.14. The highest BCUT2D eigenvalue weighted by Crippen LogP contribution is 2.36. The maximum absolute atomic E-state index is 5.72. The number of aromatic nitrogens is 3. The second-order valence-electron chi connectivity index (χ2n) is 4.70. The van der Waals surface area contributed by atoms with Crippen molar-refractivity contribution >= 4 is 12.6 Å². The molecule has 2 aromatic heterocycles. The molecule has 0 aliphatic carbocycles. The summed E-state index contributed by atoms with van der Waals surface area (Å²) in [5.41, 5.74) is 1.67. The highest BCUT2D eigenvalue weighted by molar-refractivity contribution is 7.80. The second kappa shape index (κ2) is 5.34. The SMILES string of the molecule is SC(c1cccnc1)c1nnc(-c2ccc3c(c2)OCO3)o1. The van der Waals surface area contributed by atoms with Crippen molar-refractivity contribution in [2.75, 3.05) is 6.79 Å². The third-order valence-corrected chi connectivity index (χ3v) is 3.81. The molecule has 110 valence electrons. The predicted molar refractivity (Wildman–Crippen MR) is 80.9 cm³/mol. The molecule has 1 unspecified atom stereocenters. The lowest BCUT2D eigenvalue weighted by atomic mass is 10.2. The molecular formula is C15H11N3O3S. The molecule has 3 heterocycles. The lowest BCUT2D eigenvalue weighted by molar-refractivity contribution is 0.174. The van der Waals surface area contributed by atoms with E-state index in [4.69, 9.17) is 13.9 Å². The van der Waals surface area contributed by atoms with Crippen LogP contribution in [0.25, 0.3) is 11.5 Å². The van der Waals surface area contributed by atoms with Crippen LogP contribution in [0.1, 0.15) is 16.7 Å². The Balaban J connectivity index is 1.64. The zero-order valence-corrected chi connectivity index (χ0v) is 12.2. The molecule has 0 amide bonds. The van der Waals surface area contributed by atoms with E-state index in [1.54, 1.807) is 12.4 Å². The molecular weight excluding hydrogens is 302 g/mol. The Morgan fingerprint density at radius 2 is 2.00 bits per heavy atom. The zero-order chi connectivity index (χ0) is 14.9. The molecule has 0 radical (unpaired) electrons. The quantitative estimate of drug-likeness (QED) is 0.750. The third-order valence-electron chi connectivity index (χ3n) is 3.29. The normalized spacial score (nSPS) is 14.0. The molecule has 0 saturated heterocycles. The molecule has 3 aromatic rings. The van der Waals surface area contributed by atoms with Gasteiger partial charge in [-0.3, -0.25) is 4.98 Å². The number of fused-ring (bicyclic) bond motifs is 1. The van der Waals surface area contributed by atoms with Crippen molar-refractivity contribution < 1.29 is 13.9 Å². The molecule has 0 saturated carbocycles. The van der Waals surface area contributed by atoms with Gasteiger partial charge in [0.15, 0.2) is 11.5 Å². The van der Waals surface area contributed by atoms with Crippen LogP contribution in [-0.4, -0.2) is 22.0 Å². The summed E-state index contributed by atoms with van der Waals surface area (Å²) in [4.78, 5) is 4.07. The van der Waals surface area contributed by atoms with E-state index in [1.165, 1.54) is 0 Å². The summed E-state index contributed by atoms with van der Waals surface area (Å²) in [6, 6.07) is 9.24. The van der Waals surface area contributed by atoms with Gasteiger partial charge in [-0.25, -0.2) is 0 Å². The van der Waals surface area contributed by atoms with Gasteiger partial charge >= 0.3 is 0 Å². The van der Waals surface area contributed by atoms with Gasteiger partial charge in [-0.15, -0.1) is 10.2 Å². The molecule has 0 spiro atoms. The molecule has 22 heavy (non-hydrogen) atoms. The molecule has 1 aliphatic rings. The number of ether oxygens (including phenoxy) is 2. The molecule has 1 aromatic carbocycles. The van der Waals surface area contributed by atoms with E-state index in [-0.39, 0.29) is 12.0 Å². The van der Waals surface area contributed by atoms with Crippen LogP contribution in [0.4, 0.5) is 0 Å². The van der Waals surface area contributed by atoms with Gasteiger partial charge < -0.3 is 13.9 Å². The van der Waals surface area contributed by atoms with Gasteiger partial charge in [-0.05, 0) is 29.8 Å². The van der Waals surface area contributed by atoms with Gasteiger partial charge in [0.05, 0.1) is 0 Å². The van der Waals surface area contributed by atoms with Crippen molar-refractivity contribution in [1.82, 2.24) is 15.2 Å². The van der Waals surface area contributed by atoms with E-state index in [2.05, 4.69) is 27.8 Å². The third kappa shape index (κ3) is 2.29. The Hall–Kier alpha value is -2.54. The van der Waals surface area contributed by atoms with Crippen LogP contribution in [0.2, 0.25) is 0 Å². The van der Waals surface area contributed by atoms with E-state index in [0.717, 1.165) is 11.1 Å². The second-order valence-corrected chi connectivity index (χ2v) is 5.22. The number of pyridine rings is 1. The maximum Gasteiger partial charge on any atom is 0.247 e. The van der Waals surface area contributed by atoms with Crippen LogP contribution in [0.3, 0.4) is 0 Å². The minimum Gasteiger partial charge on any atom is -0.454 e. The molecule has 0 fully saturated rings. The fourth-order valence-electron chi connectivity index (χ4n) is 2.17. The number of hydrogen-bond acceptors (Lipinski definition) is 7. The first-order valence-electron chi connectivity index (χ1n) is 6.63. The van der Waals surface area contributed by atoms with Crippen molar-refractivity contribution in [3.63, 3.8) is 0 Å². The lowest BCUT2D eigenvalue weighted by Gasteiger charge is -2.04. The van der Waals surface area contributed by atoms with Gasteiger partial charge in [0.25, 0.3) is 0 Å². The summed E-state index contributed by atoms with van der Waals surface area (Å²) in [7, 11) is 0. The Labute approximate surface area is 131 Å². The highest BCUT2D eigenvalue weighted by atomic mass is 32.1. The number of benzene rings is 1. The van der Waals surface area contributed by atoms with E-state index in [9.17, 15) is 0 Å². The van der Waals surface area contributed by atoms with Crippen molar-refractivity contribution in [1.29, 1.82) is 0 Å². The van der Waals surface area contributed by atoms with Gasteiger partial charge in [0.2, 0.25) is 18.6 Å². The Bertz CT molecular complexity index is 807. The number of rotatable bonds is 3. The Kier molecular flexibility index (Phi) is 3.19. The van der Waals surface area contributed by atoms with Crippen LogP contribution in [0.5, 0.6) is 11.5 Å². The summed E-state index contributed by atoms with van der Waals surface area (Å²) in [5.74, 6) is 2.22. The largest absolute Gasteiger partial charge is 0.454 e. The summed E-state index contributed by atoms with van der Waals surface area (Å²) >= 11 is 4.52. The van der Waals surface area contributed by atoms with E-state index in [1.807, 2.05) is 30.3 Å². The number of nitrogens with zero attached hydrogens (tertiary/aromatic N) is 3. The molecule has 0 N–H and O–H groups in total. The average molecular weight is 313 g/mol. The molecule has 7 heteroatoms. The summed E-state index contributed by atoms with van der Waals surface area (Å²) in [6.45, 7) is 0.230. The average Bonchev–Trinajstić information content (AvgIpc) is 3.23. The van der Waals surface area contributed by atoms with Crippen molar-refractivity contribution in [2.24, 2.45) is 0 Å². The minimum absolute atomic E-state index is 0.230. The zero-order valence-electron chi connectivity index (χ0n) is 11.3. The molecule has 6 nitrogen and oxygen atoms in total. The van der Waals surface area contributed by atoms with Crippen LogP contribution >= 0.6 is 12.6 Å². The van der Waals surface area contributed by atoms with Gasteiger partial charge in [0, 0.05) is 18.0 Å². The van der Waals surface area contributed by atoms with Crippen molar-refractivity contribution in [2.45, 2.75) is 5.25 Å². The first-order chi connectivity index (χ1) is 10.8. The smallest absolute Gasteiger partial charge is 0.247 e. The fourth-order valence-corrected chi connectivity index (χ4v) is 2.43. The lowest BCUT2D eigenvalue weighted by Crippen LogP contribution is -1.94. The molecule has 1 atom stereocenters. The van der Waals surface area contributed by atoms with Gasteiger partial charge in [0.1, 0.15) is 5.25 Å². The Morgan fingerprint density at radius 1 is 1.09 bits per heavy atom. The Morgan fingerprint density at radius 3 is 2.86 bits per heavy atom. The molecule has 1 aliphatic heterocycles. The standard InChI is InChI=1S/C15H11N3O3S/c22-13(10-2-1-5-16-7-10)15-18-17-14(21-15)9-3-4-11-12(6-9)20-8-19-11/h1-7,13,22H,8H2. The van der Waals surface area contributed by atoms with Crippen LogP contribution in [0, 0.1) is 0 Å². The van der Waals surface area contributed by atoms with Crippen LogP contribution < -0.4 is 9.47 Å². The topological polar surface area (TPSA) is 70.3 Å². The van der Waals surface area contributed by atoms with Crippen LogP contribution in [0.15, 0.2) is 47.1 Å². The minimum atomic E-state index is -0.316.